The number of thioether (sulfide) groups is 1. The standard InChI is InChI=1S/C34H36N4O4S3/c1-4-42-33(40)30-26-17-18-38(20-23-11-6-5-7-12-23)21-29(26)45-32(30)37-31(39)22(2)44-25-14-10-13-24(19-25)35-34(43)36-27-15-8-9-16-28(27)41-3/h5-16,19,22H,4,17-18,20-21H2,1-3H3,(H,37,39)(H2,35,36,43). The van der Waals surface area contributed by atoms with Crippen LogP contribution >= 0.6 is 35.3 Å². The number of thiocarbonyl (C=S) groups is 1. The molecule has 5 rings (SSSR count). The van der Waals surface area contributed by atoms with Gasteiger partial charge in [-0.2, -0.15) is 0 Å². The molecular weight excluding hydrogens is 625 g/mol. The number of para-hydroxylation sites is 2. The predicted molar refractivity (Wildman–Crippen MR) is 188 cm³/mol. The zero-order chi connectivity index (χ0) is 31.8. The molecule has 2 heterocycles. The normalized spacial score (nSPS) is 13.3. The van der Waals surface area contributed by atoms with Crippen LogP contribution in [0.1, 0.15) is 40.2 Å². The maximum Gasteiger partial charge on any atom is 0.341 e. The molecule has 0 bridgehead atoms. The highest BCUT2D eigenvalue weighted by molar-refractivity contribution is 8.00. The summed E-state index contributed by atoms with van der Waals surface area (Å²) in [6.07, 6.45) is 0.723. The summed E-state index contributed by atoms with van der Waals surface area (Å²) in [5.41, 5.74) is 4.26. The number of amides is 1. The third-order valence-electron chi connectivity index (χ3n) is 7.23. The van der Waals surface area contributed by atoms with E-state index in [4.69, 9.17) is 21.7 Å². The van der Waals surface area contributed by atoms with Crippen LogP contribution in [0, 0.1) is 0 Å². The van der Waals surface area contributed by atoms with Gasteiger partial charge in [0, 0.05) is 35.1 Å². The molecular formula is C34H36N4O4S3. The minimum absolute atomic E-state index is 0.183. The monoisotopic (exact) mass is 660 g/mol. The summed E-state index contributed by atoms with van der Waals surface area (Å²) in [6.45, 7) is 6.29. The molecule has 0 saturated carbocycles. The third kappa shape index (κ3) is 8.43. The van der Waals surface area contributed by atoms with Gasteiger partial charge in [-0.15, -0.1) is 23.1 Å². The van der Waals surface area contributed by atoms with E-state index in [0.717, 1.165) is 52.8 Å². The third-order valence-corrected chi connectivity index (χ3v) is 9.66. The van der Waals surface area contributed by atoms with E-state index in [2.05, 4.69) is 33.0 Å². The molecule has 45 heavy (non-hydrogen) atoms. The van der Waals surface area contributed by atoms with E-state index < -0.39 is 11.2 Å². The van der Waals surface area contributed by atoms with Crippen molar-refractivity contribution < 1.29 is 19.1 Å². The van der Waals surface area contributed by atoms with Crippen LogP contribution in [0.15, 0.2) is 83.8 Å². The van der Waals surface area contributed by atoms with Gasteiger partial charge >= 0.3 is 5.97 Å². The zero-order valence-corrected chi connectivity index (χ0v) is 27.9. The van der Waals surface area contributed by atoms with Crippen LogP contribution in [0.3, 0.4) is 0 Å². The van der Waals surface area contributed by atoms with Gasteiger partial charge in [0.25, 0.3) is 0 Å². The van der Waals surface area contributed by atoms with E-state index in [0.29, 0.717) is 21.4 Å². The molecule has 1 aliphatic rings. The molecule has 4 aromatic rings. The van der Waals surface area contributed by atoms with Gasteiger partial charge < -0.3 is 25.4 Å². The first-order valence-corrected chi connectivity index (χ1v) is 16.8. The molecule has 11 heteroatoms. The lowest BCUT2D eigenvalue weighted by molar-refractivity contribution is -0.115. The first kappa shape index (κ1) is 32.5. The van der Waals surface area contributed by atoms with Crippen LogP contribution in [0.2, 0.25) is 0 Å². The number of hydrogen-bond donors (Lipinski definition) is 3. The van der Waals surface area contributed by atoms with Crippen LogP contribution in [0.5, 0.6) is 5.75 Å². The predicted octanol–water partition coefficient (Wildman–Crippen LogP) is 7.42. The van der Waals surface area contributed by atoms with Crippen LogP contribution in [-0.2, 0) is 29.0 Å². The fraction of sp³-hybridized carbons (Fsp3) is 0.265. The highest BCUT2D eigenvalue weighted by atomic mass is 32.2. The van der Waals surface area contributed by atoms with Crippen LogP contribution in [0.25, 0.3) is 0 Å². The Labute approximate surface area is 277 Å². The molecule has 234 valence electrons. The number of carbonyl (C=O) groups excluding carboxylic acids is 2. The number of fused-ring (bicyclic) bond motifs is 1. The fourth-order valence-corrected chi connectivity index (χ4v) is 7.53. The van der Waals surface area contributed by atoms with Crippen molar-refractivity contribution in [2.75, 3.05) is 36.2 Å². The Morgan fingerprint density at radius 1 is 1.02 bits per heavy atom. The van der Waals surface area contributed by atoms with Crippen molar-refractivity contribution in [3.05, 3.63) is 100 Å². The van der Waals surface area contributed by atoms with Gasteiger partial charge in [0.15, 0.2) is 5.11 Å². The number of anilines is 3. The van der Waals surface area contributed by atoms with E-state index in [-0.39, 0.29) is 12.5 Å². The van der Waals surface area contributed by atoms with E-state index in [1.165, 1.54) is 28.7 Å². The smallest absolute Gasteiger partial charge is 0.341 e. The second-order valence-electron chi connectivity index (χ2n) is 10.4. The van der Waals surface area contributed by atoms with Gasteiger partial charge in [0.1, 0.15) is 10.8 Å². The summed E-state index contributed by atoms with van der Waals surface area (Å²) in [5.74, 6) is 0.114. The summed E-state index contributed by atoms with van der Waals surface area (Å²) in [5, 5.41) is 9.96. The summed E-state index contributed by atoms with van der Waals surface area (Å²) in [7, 11) is 1.61. The minimum Gasteiger partial charge on any atom is -0.495 e. The number of ether oxygens (including phenoxy) is 2. The average molecular weight is 661 g/mol. The molecule has 1 unspecified atom stereocenters. The number of thiophene rings is 1. The summed E-state index contributed by atoms with van der Waals surface area (Å²) in [4.78, 5) is 30.9. The number of benzene rings is 3. The van der Waals surface area contributed by atoms with E-state index >= 15 is 0 Å². The summed E-state index contributed by atoms with van der Waals surface area (Å²) < 4.78 is 10.8. The number of esters is 1. The number of hydrogen-bond acceptors (Lipinski definition) is 8. The van der Waals surface area contributed by atoms with Crippen molar-refractivity contribution in [1.82, 2.24) is 4.90 Å². The minimum atomic E-state index is -0.428. The topological polar surface area (TPSA) is 91.9 Å². The Kier molecular flexibility index (Phi) is 11.1. The van der Waals surface area contributed by atoms with Gasteiger partial charge in [-0.1, -0.05) is 48.5 Å². The quantitative estimate of drug-likeness (QED) is 0.0864. The molecule has 1 aliphatic heterocycles. The van der Waals surface area contributed by atoms with Gasteiger partial charge in [-0.25, -0.2) is 4.79 Å². The number of nitrogens with zero attached hydrogens (tertiary/aromatic N) is 1. The zero-order valence-electron chi connectivity index (χ0n) is 25.4. The average Bonchev–Trinajstić information content (AvgIpc) is 3.39. The van der Waals surface area contributed by atoms with Crippen molar-refractivity contribution >= 4 is 68.7 Å². The second kappa shape index (κ2) is 15.4. The van der Waals surface area contributed by atoms with Crippen molar-refractivity contribution in [1.29, 1.82) is 0 Å². The largest absolute Gasteiger partial charge is 0.495 e. The first-order chi connectivity index (χ1) is 21.8. The fourth-order valence-electron chi connectivity index (χ4n) is 5.09. The Balaban J connectivity index is 1.24. The van der Waals surface area contributed by atoms with Gasteiger partial charge in [0.05, 0.1) is 30.2 Å². The Morgan fingerprint density at radius 3 is 2.58 bits per heavy atom. The lowest BCUT2D eigenvalue weighted by Crippen LogP contribution is -2.30. The number of nitrogens with one attached hydrogen (secondary N) is 3. The number of carbonyl (C=O) groups is 2. The van der Waals surface area contributed by atoms with Crippen molar-refractivity contribution in [3.63, 3.8) is 0 Å². The Hall–Kier alpha value is -3.90. The molecule has 8 nitrogen and oxygen atoms in total. The van der Waals surface area contributed by atoms with Crippen LogP contribution in [-0.4, -0.2) is 47.4 Å². The Morgan fingerprint density at radius 2 is 1.80 bits per heavy atom. The molecule has 3 N–H and O–H groups in total. The maximum absolute atomic E-state index is 13.4. The number of rotatable bonds is 11. The van der Waals surface area contributed by atoms with Crippen molar-refractivity contribution in [3.8, 4) is 5.75 Å². The van der Waals surface area contributed by atoms with Crippen molar-refractivity contribution in [2.24, 2.45) is 0 Å². The number of methoxy groups -OCH3 is 1. The highest BCUT2D eigenvalue weighted by Crippen LogP contribution is 2.39. The molecule has 0 radical (unpaired) electrons. The lowest BCUT2D eigenvalue weighted by atomic mass is 10.0. The van der Waals surface area contributed by atoms with Gasteiger partial charge in [-0.3, -0.25) is 9.69 Å². The molecule has 0 saturated heterocycles. The second-order valence-corrected chi connectivity index (χ2v) is 13.4. The molecule has 0 aliphatic carbocycles. The molecule has 1 amide bonds. The molecule has 0 spiro atoms. The van der Waals surface area contributed by atoms with E-state index in [1.807, 2.05) is 73.7 Å². The van der Waals surface area contributed by atoms with Crippen LogP contribution < -0.4 is 20.7 Å². The summed E-state index contributed by atoms with van der Waals surface area (Å²) in [6, 6.07) is 25.6. The van der Waals surface area contributed by atoms with Crippen molar-refractivity contribution in [2.45, 2.75) is 43.5 Å². The lowest BCUT2D eigenvalue weighted by Gasteiger charge is -2.27. The molecule has 1 atom stereocenters. The van der Waals surface area contributed by atoms with E-state index in [9.17, 15) is 9.59 Å². The SMILES string of the molecule is CCOC(=O)c1c(NC(=O)C(C)Sc2cccc(NC(=S)Nc3ccccc3OC)c2)sc2c1CCN(Cc1ccccc1)C2. The first-order valence-electron chi connectivity index (χ1n) is 14.7. The maximum atomic E-state index is 13.4. The highest BCUT2D eigenvalue weighted by Gasteiger charge is 2.30. The summed E-state index contributed by atoms with van der Waals surface area (Å²) >= 11 is 8.41. The van der Waals surface area contributed by atoms with Crippen LogP contribution in [0.4, 0.5) is 16.4 Å². The van der Waals surface area contributed by atoms with Gasteiger partial charge in [-0.05, 0) is 73.9 Å². The van der Waals surface area contributed by atoms with E-state index in [1.54, 1.807) is 14.0 Å². The molecule has 0 fully saturated rings. The Bertz CT molecular complexity index is 1660. The molecule has 3 aromatic carbocycles. The van der Waals surface area contributed by atoms with Gasteiger partial charge in [0.2, 0.25) is 5.91 Å². The molecule has 1 aromatic heterocycles.